The van der Waals surface area contributed by atoms with E-state index >= 15 is 0 Å². The molecule has 5 aliphatic rings. The molecule has 270 valence electrons. The number of anilines is 4. The van der Waals surface area contributed by atoms with Gasteiger partial charge < -0.3 is 25.2 Å². The molecule has 3 heterocycles. The van der Waals surface area contributed by atoms with Crippen LogP contribution < -0.4 is 25.2 Å². The summed E-state index contributed by atoms with van der Waals surface area (Å²) in [4.78, 5) is 45.9. The maximum absolute atomic E-state index is 13.4. The van der Waals surface area contributed by atoms with Gasteiger partial charge in [-0.25, -0.2) is 4.98 Å². The van der Waals surface area contributed by atoms with E-state index in [0.29, 0.717) is 41.6 Å². The summed E-state index contributed by atoms with van der Waals surface area (Å²) in [7, 11) is 3.46. The number of nitrogens with zero attached hydrogens (tertiary/aromatic N) is 6. The zero-order valence-corrected chi connectivity index (χ0v) is 30.1. The lowest BCUT2D eigenvalue weighted by molar-refractivity contribution is -0.122. The number of piperazine rings is 1. The fourth-order valence-electron chi connectivity index (χ4n) is 8.89. The molecule has 3 saturated carbocycles. The molecule has 3 aromatic rings. The molecule has 0 radical (unpaired) electrons. The number of rotatable bonds is 9. The minimum atomic E-state index is -0.302. The van der Waals surface area contributed by atoms with Crippen molar-refractivity contribution in [1.29, 1.82) is 0 Å². The zero-order valence-electron chi connectivity index (χ0n) is 30.1. The van der Waals surface area contributed by atoms with Crippen LogP contribution >= 0.6 is 0 Å². The van der Waals surface area contributed by atoms with E-state index in [9.17, 15) is 9.59 Å². The Bertz CT molecular complexity index is 1710. The number of hydrogen-bond acceptors (Lipinski definition) is 9. The predicted octanol–water partition coefficient (Wildman–Crippen LogP) is 5.59. The second kappa shape index (κ2) is 14.4. The number of carbonyl (C=O) groups is 2. The number of amides is 2. The van der Waals surface area contributed by atoms with Crippen LogP contribution in [0.2, 0.25) is 0 Å². The van der Waals surface area contributed by atoms with Gasteiger partial charge in [-0.3, -0.25) is 19.4 Å². The fraction of sp³-hybridized carbons (Fsp3) is 0.550. The van der Waals surface area contributed by atoms with Crippen molar-refractivity contribution in [3.63, 3.8) is 0 Å². The van der Waals surface area contributed by atoms with Gasteiger partial charge in [0.25, 0.3) is 5.91 Å². The number of methoxy groups -OCH3 is 1. The molecule has 11 heteroatoms. The number of benzene rings is 2. The van der Waals surface area contributed by atoms with Gasteiger partial charge in [-0.1, -0.05) is 43.2 Å². The van der Waals surface area contributed by atoms with Gasteiger partial charge in [0.05, 0.1) is 24.4 Å². The molecule has 2 aliphatic heterocycles. The summed E-state index contributed by atoms with van der Waals surface area (Å²) >= 11 is 0. The average molecular weight is 693 g/mol. The normalized spacial score (nSPS) is 23.9. The lowest BCUT2D eigenvalue weighted by Gasteiger charge is -2.42. The third kappa shape index (κ3) is 7.15. The summed E-state index contributed by atoms with van der Waals surface area (Å²) in [6, 6.07) is 17.4. The summed E-state index contributed by atoms with van der Waals surface area (Å²) in [5.41, 5.74) is 3.09. The monoisotopic (exact) mass is 692 g/mol. The van der Waals surface area contributed by atoms with Crippen LogP contribution in [0, 0.1) is 5.41 Å². The van der Waals surface area contributed by atoms with Gasteiger partial charge >= 0.3 is 0 Å². The molecule has 2 amide bonds. The summed E-state index contributed by atoms with van der Waals surface area (Å²) in [5, 5.41) is 6.65. The molecule has 0 bridgehead atoms. The Kier molecular flexibility index (Phi) is 9.59. The summed E-state index contributed by atoms with van der Waals surface area (Å²) in [5.74, 6) is 1.90. The van der Waals surface area contributed by atoms with Gasteiger partial charge in [-0.05, 0) is 75.1 Å². The quantitative estimate of drug-likeness (QED) is 0.297. The van der Waals surface area contributed by atoms with Gasteiger partial charge in [0, 0.05) is 70.0 Å². The van der Waals surface area contributed by atoms with Crippen LogP contribution in [0.4, 0.5) is 23.1 Å². The fourth-order valence-corrected chi connectivity index (χ4v) is 8.89. The van der Waals surface area contributed by atoms with Crippen LogP contribution in [0.1, 0.15) is 80.1 Å². The highest BCUT2D eigenvalue weighted by molar-refractivity contribution is 6.03. The van der Waals surface area contributed by atoms with E-state index in [1.54, 1.807) is 24.3 Å². The van der Waals surface area contributed by atoms with Gasteiger partial charge in [-0.15, -0.1) is 0 Å². The Labute approximate surface area is 301 Å². The topological polar surface area (TPSA) is 106 Å². The summed E-state index contributed by atoms with van der Waals surface area (Å²) in [6.07, 6.45) is 12.5. The molecule has 1 aromatic heterocycles. The van der Waals surface area contributed by atoms with Crippen molar-refractivity contribution < 1.29 is 14.3 Å². The van der Waals surface area contributed by atoms with Gasteiger partial charge in [0.2, 0.25) is 11.9 Å². The van der Waals surface area contributed by atoms with E-state index in [0.717, 1.165) is 95.6 Å². The van der Waals surface area contributed by atoms with Crippen molar-refractivity contribution in [2.45, 2.75) is 88.9 Å². The molecule has 2 N–H and O–H groups in total. The van der Waals surface area contributed by atoms with Crippen LogP contribution in [0.3, 0.4) is 0 Å². The number of carbonyl (C=O) groups excluding carboxylic acids is 2. The van der Waals surface area contributed by atoms with Crippen molar-refractivity contribution >= 4 is 35.0 Å². The van der Waals surface area contributed by atoms with Crippen LogP contribution in [-0.4, -0.2) is 96.6 Å². The van der Waals surface area contributed by atoms with Crippen molar-refractivity contribution in [2.75, 3.05) is 62.0 Å². The third-order valence-electron chi connectivity index (χ3n) is 12.1. The van der Waals surface area contributed by atoms with E-state index in [4.69, 9.17) is 9.72 Å². The van der Waals surface area contributed by atoms with Crippen molar-refractivity contribution in [2.24, 2.45) is 5.41 Å². The second-order valence-corrected chi connectivity index (χ2v) is 15.4. The molecular weight excluding hydrogens is 640 g/mol. The number of ether oxygens (including phenoxy) is 1. The van der Waals surface area contributed by atoms with E-state index in [1.165, 1.54) is 18.4 Å². The lowest BCUT2D eigenvalue weighted by atomic mass is 9.89. The highest BCUT2D eigenvalue weighted by atomic mass is 16.5. The molecule has 1 spiro atoms. The lowest BCUT2D eigenvalue weighted by Crippen LogP contribution is -2.52. The van der Waals surface area contributed by atoms with Crippen LogP contribution in [0.5, 0.6) is 5.75 Å². The standard InChI is InChI=1S/C40H52N8O3/c1-45-34-25-41-39(44-36(34)48(32-10-6-7-11-32)27-40(18-19-40)38(45)50)43-33-17-12-29(24-35(33)51-2)37(49)42-30-13-15-31(16-14-30)47-22-20-46(21-23-47)26-28-8-4-3-5-9-28/h3-5,8-9,12,17,24-25,30-32H,6-7,10-11,13-16,18-23,26-27H2,1-2H3,(H,42,49)(H,41,43,44)/t30-,31+. The highest BCUT2D eigenvalue weighted by Crippen LogP contribution is 2.52. The first-order chi connectivity index (χ1) is 24.9. The molecule has 4 fully saturated rings. The van der Waals surface area contributed by atoms with Gasteiger partial charge in [0.1, 0.15) is 11.4 Å². The Morgan fingerprint density at radius 2 is 1.69 bits per heavy atom. The number of hydrogen-bond donors (Lipinski definition) is 2. The zero-order chi connectivity index (χ0) is 35.0. The van der Waals surface area contributed by atoms with E-state index in [2.05, 4.69) is 60.6 Å². The van der Waals surface area contributed by atoms with Gasteiger partial charge in [-0.2, -0.15) is 4.98 Å². The molecule has 3 aliphatic carbocycles. The Balaban J connectivity index is 0.876. The molecule has 11 nitrogen and oxygen atoms in total. The smallest absolute Gasteiger partial charge is 0.251 e. The predicted molar refractivity (Wildman–Crippen MR) is 200 cm³/mol. The molecule has 8 rings (SSSR count). The largest absolute Gasteiger partial charge is 0.495 e. The maximum atomic E-state index is 13.4. The Morgan fingerprint density at radius 3 is 2.39 bits per heavy atom. The minimum Gasteiger partial charge on any atom is -0.495 e. The van der Waals surface area contributed by atoms with E-state index in [1.807, 2.05) is 19.2 Å². The first kappa shape index (κ1) is 33.9. The first-order valence-corrected chi connectivity index (χ1v) is 19.1. The molecule has 1 saturated heterocycles. The average Bonchev–Trinajstić information content (AvgIpc) is 3.77. The number of fused-ring (bicyclic) bond motifs is 1. The minimum absolute atomic E-state index is 0.0759. The van der Waals surface area contributed by atoms with Crippen LogP contribution in [0.25, 0.3) is 0 Å². The van der Waals surface area contributed by atoms with Crippen molar-refractivity contribution in [1.82, 2.24) is 25.1 Å². The Hall–Kier alpha value is -4.22. The maximum Gasteiger partial charge on any atom is 0.251 e. The van der Waals surface area contributed by atoms with Crippen LogP contribution in [-0.2, 0) is 11.3 Å². The SMILES string of the molecule is COc1cc(C(=O)N[C@H]2CC[C@@H](N3CCN(Cc4ccccc4)CC3)CC2)ccc1Nc1ncc2c(n1)N(C1CCCC1)CC1(CC1)C(=O)N2C. The number of aromatic nitrogens is 2. The van der Waals surface area contributed by atoms with E-state index in [-0.39, 0.29) is 23.3 Å². The summed E-state index contributed by atoms with van der Waals surface area (Å²) < 4.78 is 5.75. The highest BCUT2D eigenvalue weighted by Gasteiger charge is 2.55. The van der Waals surface area contributed by atoms with Crippen molar-refractivity contribution in [3.05, 3.63) is 65.9 Å². The first-order valence-electron chi connectivity index (χ1n) is 19.1. The van der Waals surface area contributed by atoms with E-state index < -0.39 is 0 Å². The molecule has 2 aromatic carbocycles. The molecule has 0 atom stereocenters. The van der Waals surface area contributed by atoms with Crippen LogP contribution in [0.15, 0.2) is 54.7 Å². The second-order valence-electron chi connectivity index (χ2n) is 15.4. The van der Waals surface area contributed by atoms with Gasteiger partial charge in [0.15, 0.2) is 5.82 Å². The van der Waals surface area contributed by atoms with Crippen molar-refractivity contribution in [3.8, 4) is 5.75 Å². The molecule has 51 heavy (non-hydrogen) atoms. The third-order valence-corrected chi connectivity index (χ3v) is 12.1. The molecule has 0 unspecified atom stereocenters. The molecular formula is C40H52N8O3. The Morgan fingerprint density at radius 1 is 0.941 bits per heavy atom. The number of nitrogens with one attached hydrogen (secondary N) is 2. The summed E-state index contributed by atoms with van der Waals surface area (Å²) in [6.45, 7) is 6.18.